The number of hydrogen-bond donors (Lipinski definition) is 4. The number of hydrazone groups is 1. The van der Waals surface area contributed by atoms with Gasteiger partial charge in [0.05, 0.1) is 49.7 Å². The summed E-state index contributed by atoms with van der Waals surface area (Å²) in [5, 5.41) is 21.4. The topological polar surface area (TPSA) is 196 Å². The van der Waals surface area contributed by atoms with Crippen molar-refractivity contribution in [3.8, 4) is 16.9 Å². The number of rotatable bonds is 21. The number of alkyl carbamates (subject to hydrolysis) is 1. The van der Waals surface area contributed by atoms with E-state index < -0.39 is 42.1 Å². The fourth-order valence-electron chi connectivity index (χ4n) is 9.58. The monoisotopic (exact) mass is 975 g/mol. The van der Waals surface area contributed by atoms with Crippen LogP contribution in [0.5, 0.6) is 5.75 Å². The van der Waals surface area contributed by atoms with Crippen molar-refractivity contribution in [1.82, 2.24) is 16.1 Å². The van der Waals surface area contributed by atoms with Gasteiger partial charge in [-0.25, -0.2) is 10.2 Å². The van der Waals surface area contributed by atoms with Gasteiger partial charge < -0.3 is 44.2 Å². The second-order valence-corrected chi connectivity index (χ2v) is 19.3. The molecule has 3 heterocycles. The SMILES string of the molecule is CC(=O)O[C@@H](C)/C=C\C(=O)N[C@@H]1C[C@H](C)[C@H](C/C=C(C)/C=C/[C@H]2O[C@H](CC(=O)NN=C(C)c3ccc(OCCCCCNC(=O)OCC4c5ccccc5-c5ccccc54)cc3)C[C@@]3(CO3)[C@@H]2O)O[C@@H]1C. The van der Waals surface area contributed by atoms with Gasteiger partial charge in [0, 0.05) is 31.9 Å². The van der Waals surface area contributed by atoms with Gasteiger partial charge in [-0.2, -0.15) is 5.10 Å². The number of carbonyl (C=O) groups excluding carboxylic acids is 4. The zero-order valence-electron chi connectivity index (χ0n) is 41.8. The van der Waals surface area contributed by atoms with Crippen molar-refractivity contribution in [3.63, 3.8) is 0 Å². The van der Waals surface area contributed by atoms with Gasteiger partial charge in [-0.15, -0.1) is 0 Å². The molecule has 380 valence electrons. The number of ether oxygens (including phenoxy) is 6. The summed E-state index contributed by atoms with van der Waals surface area (Å²) in [6.45, 7) is 12.6. The molecule has 4 aliphatic rings. The van der Waals surface area contributed by atoms with Crippen LogP contribution in [0.2, 0.25) is 0 Å². The molecule has 4 N–H and O–H groups in total. The zero-order chi connectivity index (χ0) is 50.5. The number of nitrogens with zero attached hydrogens (tertiary/aromatic N) is 1. The second kappa shape index (κ2) is 24.8. The highest BCUT2D eigenvalue weighted by Crippen LogP contribution is 2.45. The van der Waals surface area contributed by atoms with Crippen LogP contribution in [-0.2, 0) is 38.1 Å². The third-order valence-electron chi connectivity index (χ3n) is 13.7. The number of aliphatic hydroxyl groups excluding tert-OH is 1. The summed E-state index contributed by atoms with van der Waals surface area (Å²) in [6.07, 6.45) is 9.96. The third-order valence-corrected chi connectivity index (χ3v) is 13.7. The van der Waals surface area contributed by atoms with Crippen molar-refractivity contribution >= 4 is 29.6 Å². The standard InChI is InChI=1S/C56H70N4O11/c1-35(18-25-50-36(2)30-49(39(5)70-50)58-52(62)27-20-37(3)69-40(6)61)19-26-51-54(64)56(34-68-56)32-43(71-51)31-53(63)60-59-38(4)41-21-23-42(24-22-41)66-29-13-7-12-28-57-55(65)67-33-48-46-16-10-8-14-44(46)45-15-9-11-17-47(45)48/h8-11,14-24,26-27,36-37,39,43,48-51,54,64H,7,12-13,25,28-34H2,1-6H3,(H,57,65)(H,58,62)(H,60,63)/b26-19+,27-20-,35-18+,59-38?/t36-,37-,39+,43+,49+,50-,51+,54+,56+/m0/s1. The van der Waals surface area contributed by atoms with Gasteiger partial charge in [-0.05, 0) is 124 Å². The summed E-state index contributed by atoms with van der Waals surface area (Å²) in [5.41, 5.74) is 9.12. The summed E-state index contributed by atoms with van der Waals surface area (Å²) in [7, 11) is 0. The van der Waals surface area contributed by atoms with E-state index in [4.69, 9.17) is 28.4 Å². The molecule has 1 spiro atoms. The van der Waals surface area contributed by atoms with Crippen molar-refractivity contribution < 1.29 is 52.7 Å². The second-order valence-electron chi connectivity index (χ2n) is 19.3. The first kappa shape index (κ1) is 52.7. The molecule has 7 rings (SSSR count). The van der Waals surface area contributed by atoms with Crippen LogP contribution >= 0.6 is 0 Å². The molecule has 3 aromatic rings. The fraction of sp³-hybridized carbons (Fsp3) is 0.482. The minimum atomic E-state index is -0.876. The molecule has 71 heavy (non-hydrogen) atoms. The van der Waals surface area contributed by atoms with Crippen molar-refractivity contribution in [2.24, 2.45) is 11.0 Å². The number of allylic oxidation sites excluding steroid dienone is 2. The molecule has 3 amide bonds. The van der Waals surface area contributed by atoms with Crippen molar-refractivity contribution in [2.75, 3.05) is 26.4 Å². The van der Waals surface area contributed by atoms with Crippen LogP contribution in [0.4, 0.5) is 4.79 Å². The predicted molar refractivity (Wildman–Crippen MR) is 270 cm³/mol. The first-order chi connectivity index (χ1) is 34.2. The van der Waals surface area contributed by atoms with Gasteiger partial charge in [-0.3, -0.25) is 14.4 Å². The molecule has 15 nitrogen and oxygen atoms in total. The van der Waals surface area contributed by atoms with Crippen LogP contribution < -0.4 is 20.8 Å². The molecule has 9 atom stereocenters. The Labute approximate surface area is 417 Å². The maximum Gasteiger partial charge on any atom is 0.407 e. The molecular weight excluding hydrogens is 905 g/mol. The molecule has 0 unspecified atom stereocenters. The van der Waals surface area contributed by atoms with Crippen molar-refractivity contribution in [1.29, 1.82) is 0 Å². The third kappa shape index (κ3) is 14.7. The minimum absolute atomic E-state index is 0.0306. The molecule has 0 saturated carbocycles. The van der Waals surface area contributed by atoms with Gasteiger partial charge in [-0.1, -0.05) is 79.3 Å². The predicted octanol–water partition coefficient (Wildman–Crippen LogP) is 7.99. The van der Waals surface area contributed by atoms with Crippen LogP contribution in [0.25, 0.3) is 11.1 Å². The van der Waals surface area contributed by atoms with Crippen LogP contribution in [0.1, 0.15) is 109 Å². The zero-order valence-corrected chi connectivity index (χ0v) is 41.8. The molecule has 3 aliphatic heterocycles. The number of carbonyl (C=O) groups is 4. The van der Waals surface area contributed by atoms with E-state index in [-0.39, 0.29) is 48.3 Å². The largest absolute Gasteiger partial charge is 0.494 e. The maximum atomic E-state index is 13.1. The maximum absolute atomic E-state index is 13.1. The van der Waals surface area contributed by atoms with E-state index in [2.05, 4.69) is 58.4 Å². The Morgan fingerprint density at radius 2 is 1.62 bits per heavy atom. The molecule has 0 bridgehead atoms. The van der Waals surface area contributed by atoms with Crippen LogP contribution in [0.3, 0.4) is 0 Å². The average molecular weight is 975 g/mol. The summed E-state index contributed by atoms with van der Waals surface area (Å²) in [6, 6.07) is 23.9. The molecule has 0 radical (unpaired) electrons. The Hall–Kier alpha value is -6.13. The molecule has 1 aliphatic carbocycles. The number of amides is 3. The molecule has 3 fully saturated rings. The van der Waals surface area contributed by atoms with Gasteiger partial charge in [0.15, 0.2) is 0 Å². The van der Waals surface area contributed by atoms with Gasteiger partial charge >= 0.3 is 12.1 Å². The molecule has 3 aromatic carbocycles. The molecule has 3 saturated heterocycles. The first-order valence-electron chi connectivity index (χ1n) is 25.0. The highest BCUT2D eigenvalue weighted by atomic mass is 16.6. The van der Waals surface area contributed by atoms with Crippen LogP contribution in [0.15, 0.2) is 114 Å². The van der Waals surface area contributed by atoms with Gasteiger partial charge in [0.25, 0.3) is 0 Å². The number of aliphatic hydroxyl groups is 1. The van der Waals surface area contributed by atoms with Gasteiger partial charge in [0.1, 0.15) is 36.3 Å². The lowest BCUT2D eigenvalue weighted by molar-refractivity contribution is -0.145. The quantitative estimate of drug-likeness (QED) is 0.0154. The highest BCUT2D eigenvalue weighted by Gasteiger charge is 2.58. The number of epoxide rings is 1. The van der Waals surface area contributed by atoms with E-state index in [0.717, 1.165) is 42.6 Å². The van der Waals surface area contributed by atoms with E-state index in [1.54, 1.807) is 13.0 Å². The van der Waals surface area contributed by atoms with E-state index >= 15 is 0 Å². The Kier molecular flexibility index (Phi) is 18.4. The first-order valence-corrected chi connectivity index (χ1v) is 25.0. The number of nitrogens with one attached hydrogen (secondary N) is 3. The highest BCUT2D eigenvalue weighted by molar-refractivity contribution is 5.99. The van der Waals surface area contributed by atoms with E-state index in [9.17, 15) is 24.3 Å². The Bertz CT molecular complexity index is 2400. The molecule has 15 heteroatoms. The lowest BCUT2D eigenvalue weighted by atomic mass is 9.87. The minimum Gasteiger partial charge on any atom is -0.494 e. The normalized spacial score (nSPS) is 25.6. The Morgan fingerprint density at radius 1 is 0.915 bits per heavy atom. The van der Waals surface area contributed by atoms with Gasteiger partial charge in [0.2, 0.25) is 11.8 Å². The number of fused-ring (bicyclic) bond motifs is 3. The summed E-state index contributed by atoms with van der Waals surface area (Å²) >= 11 is 0. The number of benzene rings is 3. The van der Waals surface area contributed by atoms with Crippen LogP contribution in [-0.4, -0.2) is 109 Å². The fourth-order valence-corrected chi connectivity index (χ4v) is 9.58. The van der Waals surface area contributed by atoms with Crippen molar-refractivity contribution in [3.05, 3.63) is 125 Å². The Balaban J connectivity index is 0.774. The average Bonchev–Trinajstić information content (AvgIpc) is 4.05. The van der Waals surface area contributed by atoms with E-state index in [1.807, 2.05) is 81.5 Å². The lowest BCUT2D eigenvalue weighted by Gasteiger charge is -2.39. The molecular formula is C56H70N4O11. The lowest BCUT2D eigenvalue weighted by Crippen LogP contribution is -2.50. The smallest absolute Gasteiger partial charge is 0.407 e. The molecule has 0 aromatic heterocycles. The summed E-state index contributed by atoms with van der Waals surface area (Å²) in [5.74, 6) is -0.0429. The van der Waals surface area contributed by atoms with E-state index in [1.165, 1.54) is 35.3 Å². The number of unbranched alkanes of at least 4 members (excludes halogenated alkanes) is 2. The summed E-state index contributed by atoms with van der Waals surface area (Å²) < 4.78 is 35.0. The summed E-state index contributed by atoms with van der Waals surface area (Å²) in [4.78, 5) is 49.3. The van der Waals surface area contributed by atoms with Crippen LogP contribution in [0, 0.1) is 5.92 Å². The Morgan fingerprint density at radius 3 is 2.31 bits per heavy atom. The number of hydrogen-bond acceptors (Lipinski definition) is 12. The van der Waals surface area contributed by atoms with Crippen molar-refractivity contribution in [2.45, 2.75) is 141 Å². The van der Waals surface area contributed by atoms with E-state index in [0.29, 0.717) is 44.9 Å². The number of esters is 1.